The number of piperidine rings is 1. The third kappa shape index (κ3) is 6.83. The van der Waals surface area contributed by atoms with Crippen molar-refractivity contribution in [2.24, 2.45) is 0 Å². The lowest BCUT2D eigenvalue weighted by molar-refractivity contribution is -0.136. The third-order valence-corrected chi connectivity index (χ3v) is 6.93. The molecule has 8 nitrogen and oxygen atoms in total. The second-order valence-corrected chi connectivity index (χ2v) is 9.73. The van der Waals surface area contributed by atoms with E-state index in [1.165, 1.54) is 12.7 Å². The molecule has 0 bridgehead atoms. The lowest BCUT2D eigenvalue weighted by Crippen LogP contribution is -2.49. The molecular formula is C27H37ClN4O4. The summed E-state index contributed by atoms with van der Waals surface area (Å²) in [6, 6.07) is 7.39. The molecule has 2 aromatic carbocycles. The van der Waals surface area contributed by atoms with Crippen LogP contribution in [-0.4, -0.2) is 67.6 Å². The van der Waals surface area contributed by atoms with Crippen LogP contribution in [0.15, 0.2) is 24.3 Å². The Morgan fingerprint density at radius 3 is 2.33 bits per heavy atom. The number of nitrogens with one attached hydrogen (secondary N) is 1. The predicted octanol–water partition coefficient (Wildman–Crippen LogP) is 4.19. The number of methoxy groups -OCH3 is 1. The van der Waals surface area contributed by atoms with E-state index in [4.69, 9.17) is 26.8 Å². The number of benzene rings is 2. The topological polar surface area (TPSA) is 97.1 Å². The largest absolute Gasteiger partial charge is 0.493 e. The van der Waals surface area contributed by atoms with Crippen LogP contribution >= 0.6 is 11.6 Å². The number of amides is 2. The van der Waals surface area contributed by atoms with E-state index in [-0.39, 0.29) is 24.5 Å². The van der Waals surface area contributed by atoms with Gasteiger partial charge in [0, 0.05) is 43.5 Å². The molecule has 1 aliphatic heterocycles. The van der Waals surface area contributed by atoms with Gasteiger partial charge >= 0.3 is 0 Å². The first kappa shape index (κ1) is 27.6. The Hall–Kier alpha value is -2.97. The van der Waals surface area contributed by atoms with E-state index in [1.807, 2.05) is 25.7 Å². The Balaban J connectivity index is 1.51. The average molecular weight is 517 g/mol. The number of likely N-dealkylation sites (N-methyl/N-ethyl adjacent to an activating group) is 1. The van der Waals surface area contributed by atoms with Gasteiger partial charge in [-0.2, -0.15) is 0 Å². The summed E-state index contributed by atoms with van der Waals surface area (Å²) in [5.74, 6) is 0.683. The Bertz CT molecular complexity index is 1080. The van der Waals surface area contributed by atoms with Crippen molar-refractivity contribution in [2.75, 3.05) is 50.9 Å². The first-order chi connectivity index (χ1) is 17.1. The van der Waals surface area contributed by atoms with Crippen LogP contribution in [0.2, 0.25) is 5.02 Å². The Labute approximate surface area is 218 Å². The lowest BCUT2D eigenvalue weighted by Gasteiger charge is -2.38. The molecule has 1 heterocycles. The van der Waals surface area contributed by atoms with Crippen LogP contribution in [-0.2, 0) is 9.59 Å². The monoisotopic (exact) mass is 516 g/mol. The third-order valence-electron chi connectivity index (χ3n) is 6.60. The van der Waals surface area contributed by atoms with Gasteiger partial charge in [0.1, 0.15) is 0 Å². The highest BCUT2D eigenvalue weighted by molar-refractivity contribution is 6.33. The summed E-state index contributed by atoms with van der Waals surface area (Å²) in [6.45, 7) is 10.3. The van der Waals surface area contributed by atoms with Crippen molar-refractivity contribution in [3.63, 3.8) is 0 Å². The number of likely N-dealkylation sites (tertiary alicyclic amines) is 1. The molecule has 0 aliphatic carbocycles. The van der Waals surface area contributed by atoms with Crippen molar-refractivity contribution < 1.29 is 19.1 Å². The SMILES string of the molecule is CCN(C(=O)COc1cc(N)c(Cl)cc1OC)C1CCN(CC(=O)Nc2c(C)cc(C)cc2C)CC1. The maximum Gasteiger partial charge on any atom is 0.260 e. The van der Waals surface area contributed by atoms with Gasteiger partial charge in [0.25, 0.3) is 5.91 Å². The van der Waals surface area contributed by atoms with Gasteiger partial charge in [-0.3, -0.25) is 14.5 Å². The van der Waals surface area contributed by atoms with Crippen LogP contribution in [0.1, 0.15) is 36.5 Å². The minimum atomic E-state index is -0.122. The zero-order valence-corrected chi connectivity index (χ0v) is 22.6. The standard InChI is InChI=1S/C27H37ClN4O4/c1-6-32(26(34)16-36-24-14-22(29)21(28)13-23(24)35-5)20-7-9-31(10-8-20)15-25(33)30-27-18(3)11-17(2)12-19(27)4/h11-14,20H,6-10,15-16,29H2,1-5H3,(H,30,33). The zero-order chi connectivity index (χ0) is 26.4. The number of ether oxygens (including phenoxy) is 2. The van der Waals surface area contributed by atoms with Gasteiger partial charge in [-0.25, -0.2) is 0 Å². The highest BCUT2D eigenvalue weighted by Gasteiger charge is 2.28. The number of rotatable bonds is 9. The number of anilines is 2. The molecule has 0 saturated carbocycles. The van der Waals surface area contributed by atoms with Gasteiger partial charge < -0.3 is 25.4 Å². The molecule has 0 aromatic heterocycles. The van der Waals surface area contributed by atoms with E-state index >= 15 is 0 Å². The summed E-state index contributed by atoms with van der Waals surface area (Å²) in [7, 11) is 1.51. The molecule has 3 rings (SSSR count). The molecule has 0 spiro atoms. The van der Waals surface area contributed by atoms with E-state index < -0.39 is 0 Å². The summed E-state index contributed by atoms with van der Waals surface area (Å²) in [6.07, 6.45) is 1.60. The fraction of sp³-hybridized carbons (Fsp3) is 0.481. The molecule has 9 heteroatoms. The molecule has 1 saturated heterocycles. The highest BCUT2D eigenvalue weighted by Crippen LogP contribution is 2.34. The van der Waals surface area contributed by atoms with Crippen LogP contribution < -0.4 is 20.5 Å². The number of nitrogens with two attached hydrogens (primary N) is 1. The second kappa shape index (κ2) is 12.3. The summed E-state index contributed by atoms with van der Waals surface area (Å²) in [5.41, 5.74) is 10.4. The number of aryl methyl sites for hydroxylation is 3. The minimum absolute atomic E-state index is 0.0171. The van der Waals surface area contributed by atoms with Gasteiger partial charge in [0.05, 0.1) is 24.4 Å². The molecule has 0 atom stereocenters. The van der Waals surface area contributed by atoms with E-state index in [9.17, 15) is 9.59 Å². The van der Waals surface area contributed by atoms with Crippen LogP contribution in [0, 0.1) is 20.8 Å². The van der Waals surface area contributed by atoms with Crippen molar-refractivity contribution in [3.8, 4) is 11.5 Å². The first-order valence-corrected chi connectivity index (χ1v) is 12.7. The number of carbonyl (C=O) groups is 2. The van der Waals surface area contributed by atoms with Gasteiger partial charge in [0.15, 0.2) is 18.1 Å². The van der Waals surface area contributed by atoms with Crippen LogP contribution in [0.25, 0.3) is 0 Å². The maximum atomic E-state index is 13.0. The molecule has 196 valence electrons. The zero-order valence-electron chi connectivity index (χ0n) is 21.8. The van der Waals surface area contributed by atoms with Crippen molar-refractivity contribution >= 4 is 34.8 Å². The Kier molecular flexibility index (Phi) is 9.45. The minimum Gasteiger partial charge on any atom is -0.493 e. The molecular weight excluding hydrogens is 480 g/mol. The van der Waals surface area contributed by atoms with E-state index in [0.717, 1.165) is 42.7 Å². The molecule has 1 fully saturated rings. The van der Waals surface area contributed by atoms with E-state index in [0.29, 0.717) is 35.3 Å². The molecule has 2 aromatic rings. The van der Waals surface area contributed by atoms with Gasteiger partial charge in [-0.15, -0.1) is 0 Å². The molecule has 36 heavy (non-hydrogen) atoms. The lowest BCUT2D eigenvalue weighted by atomic mass is 10.0. The smallest absolute Gasteiger partial charge is 0.260 e. The normalized spacial score (nSPS) is 14.4. The van der Waals surface area contributed by atoms with E-state index in [1.54, 1.807) is 12.1 Å². The van der Waals surface area contributed by atoms with Gasteiger partial charge in [0.2, 0.25) is 5.91 Å². The van der Waals surface area contributed by atoms with Gasteiger partial charge in [-0.1, -0.05) is 29.3 Å². The number of halogens is 1. The summed E-state index contributed by atoms with van der Waals surface area (Å²) >= 11 is 6.04. The quantitative estimate of drug-likeness (QED) is 0.485. The molecule has 0 unspecified atom stereocenters. The molecule has 0 radical (unpaired) electrons. The molecule has 2 amide bonds. The van der Waals surface area contributed by atoms with Crippen molar-refractivity contribution in [2.45, 2.75) is 46.6 Å². The number of nitrogens with zero attached hydrogens (tertiary/aromatic N) is 2. The summed E-state index contributed by atoms with van der Waals surface area (Å²) < 4.78 is 11.0. The predicted molar refractivity (Wildman–Crippen MR) is 144 cm³/mol. The highest BCUT2D eigenvalue weighted by atomic mass is 35.5. The summed E-state index contributed by atoms with van der Waals surface area (Å²) in [5, 5.41) is 3.44. The summed E-state index contributed by atoms with van der Waals surface area (Å²) in [4.78, 5) is 29.7. The van der Waals surface area contributed by atoms with Crippen molar-refractivity contribution in [3.05, 3.63) is 46.0 Å². The van der Waals surface area contributed by atoms with Crippen molar-refractivity contribution in [1.29, 1.82) is 0 Å². The van der Waals surface area contributed by atoms with Crippen LogP contribution in [0.4, 0.5) is 11.4 Å². The number of carbonyl (C=O) groups excluding carboxylic acids is 2. The molecule has 1 aliphatic rings. The second-order valence-electron chi connectivity index (χ2n) is 9.32. The van der Waals surface area contributed by atoms with Gasteiger partial charge in [-0.05, 0) is 51.7 Å². The number of hydrogen-bond donors (Lipinski definition) is 2. The molecule has 3 N–H and O–H groups in total. The van der Waals surface area contributed by atoms with Crippen LogP contribution in [0.3, 0.4) is 0 Å². The number of nitrogen functional groups attached to an aromatic ring is 1. The van der Waals surface area contributed by atoms with Crippen molar-refractivity contribution in [1.82, 2.24) is 9.80 Å². The number of hydrogen-bond acceptors (Lipinski definition) is 6. The van der Waals surface area contributed by atoms with E-state index in [2.05, 4.69) is 29.3 Å². The Morgan fingerprint density at radius 2 is 1.75 bits per heavy atom. The van der Waals surface area contributed by atoms with Crippen LogP contribution in [0.5, 0.6) is 11.5 Å². The fourth-order valence-corrected chi connectivity index (χ4v) is 4.99. The fourth-order valence-electron chi connectivity index (χ4n) is 4.83. The Morgan fingerprint density at radius 1 is 1.11 bits per heavy atom. The first-order valence-electron chi connectivity index (χ1n) is 12.3. The maximum absolute atomic E-state index is 13.0. The average Bonchev–Trinajstić information content (AvgIpc) is 2.83.